The normalized spacial score (nSPS) is 22.2. The Kier molecular flexibility index (Phi) is 6.18. The molecule has 4 N–H and O–H groups in total. The van der Waals surface area contributed by atoms with Crippen molar-refractivity contribution in [2.45, 2.75) is 38.9 Å². The summed E-state index contributed by atoms with van der Waals surface area (Å²) in [6.45, 7) is 4.57. The zero-order chi connectivity index (χ0) is 17.0. The number of halogens is 3. The van der Waals surface area contributed by atoms with Crippen LogP contribution in [0.4, 0.5) is 18.0 Å². The van der Waals surface area contributed by atoms with Gasteiger partial charge in [0.05, 0.1) is 0 Å². The second kappa shape index (κ2) is 7.28. The van der Waals surface area contributed by atoms with Gasteiger partial charge in [0.1, 0.15) is 6.54 Å². The van der Waals surface area contributed by atoms with Gasteiger partial charge in [0.2, 0.25) is 5.91 Å². The number of carbonyl (C=O) groups is 2. The van der Waals surface area contributed by atoms with E-state index in [0.29, 0.717) is 6.54 Å². The number of carbonyl (C=O) groups excluding carboxylic acids is 2. The van der Waals surface area contributed by atoms with E-state index in [2.05, 4.69) is 18.7 Å². The van der Waals surface area contributed by atoms with E-state index in [1.165, 1.54) is 0 Å². The minimum atomic E-state index is -4.50. The first kappa shape index (κ1) is 18.7. The van der Waals surface area contributed by atoms with Crippen LogP contribution in [0.5, 0.6) is 0 Å². The lowest BCUT2D eigenvalue weighted by atomic mass is 9.80. The summed E-state index contributed by atoms with van der Waals surface area (Å²) in [5.41, 5.74) is 5.96. The van der Waals surface area contributed by atoms with Gasteiger partial charge in [0.15, 0.2) is 0 Å². The van der Waals surface area contributed by atoms with Crippen molar-refractivity contribution in [1.29, 1.82) is 0 Å². The van der Waals surface area contributed by atoms with Crippen LogP contribution < -0.4 is 16.4 Å². The molecule has 0 spiro atoms. The Bertz CT molecular complexity index is 413. The summed E-state index contributed by atoms with van der Waals surface area (Å²) in [5.74, 6) is -0.604. The molecule has 22 heavy (non-hydrogen) atoms. The average molecular weight is 324 g/mol. The van der Waals surface area contributed by atoms with Gasteiger partial charge in [-0.15, -0.1) is 0 Å². The van der Waals surface area contributed by atoms with E-state index >= 15 is 0 Å². The number of nitrogens with two attached hydrogens (primary N) is 1. The highest BCUT2D eigenvalue weighted by Crippen LogP contribution is 2.27. The van der Waals surface area contributed by atoms with Crippen LogP contribution in [0.25, 0.3) is 0 Å². The Balaban J connectivity index is 2.27. The molecule has 1 unspecified atom stereocenters. The van der Waals surface area contributed by atoms with Crippen LogP contribution in [0.2, 0.25) is 0 Å². The Morgan fingerprint density at radius 2 is 2.00 bits per heavy atom. The number of hydrogen-bond donors (Lipinski definition) is 3. The number of piperidine rings is 1. The summed E-state index contributed by atoms with van der Waals surface area (Å²) in [7, 11) is 0. The van der Waals surface area contributed by atoms with Gasteiger partial charge < -0.3 is 16.0 Å². The van der Waals surface area contributed by atoms with Crippen LogP contribution in [0, 0.1) is 5.41 Å². The molecule has 0 aromatic carbocycles. The van der Waals surface area contributed by atoms with Gasteiger partial charge in [0, 0.05) is 25.6 Å². The number of likely N-dealkylation sites (tertiary alicyclic amines) is 1. The molecule has 1 atom stereocenters. The molecule has 0 aromatic heterocycles. The Labute approximate surface area is 127 Å². The first-order chi connectivity index (χ1) is 9.99. The number of urea groups is 1. The summed E-state index contributed by atoms with van der Waals surface area (Å²) in [6.07, 6.45) is -3.63. The molecule has 0 saturated carbocycles. The maximum Gasteiger partial charge on any atom is 0.405 e. The van der Waals surface area contributed by atoms with Crippen LogP contribution >= 0.6 is 0 Å². The van der Waals surface area contributed by atoms with Gasteiger partial charge in [-0.1, -0.05) is 13.8 Å². The molecule has 0 aromatic rings. The molecular weight excluding hydrogens is 301 g/mol. The Morgan fingerprint density at radius 1 is 1.36 bits per heavy atom. The number of rotatable bonds is 4. The van der Waals surface area contributed by atoms with Gasteiger partial charge in [-0.05, 0) is 18.4 Å². The lowest BCUT2D eigenvalue weighted by molar-refractivity contribution is -0.124. The lowest BCUT2D eigenvalue weighted by Crippen LogP contribution is -2.53. The molecule has 1 rings (SSSR count). The second-order valence-electron chi connectivity index (χ2n) is 6.26. The fourth-order valence-electron chi connectivity index (χ4n) is 2.35. The van der Waals surface area contributed by atoms with Crippen LogP contribution in [0.3, 0.4) is 0 Å². The topological polar surface area (TPSA) is 87.5 Å². The average Bonchev–Trinajstić information content (AvgIpc) is 2.37. The van der Waals surface area contributed by atoms with E-state index in [0.717, 1.165) is 19.5 Å². The van der Waals surface area contributed by atoms with E-state index in [9.17, 15) is 22.8 Å². The van der Waals surface area contributed by atoms with Crippen molar-refractivity contribution in [3.05, 3.63) is 0 Å². The zero-order valence-electron chi connectivity index (χ0n) is 12.8. The first-order valence-corrected chi connectivity index (χ1v) is 7.12. The molecule has 128 valence electrons. The number of nitrogens with one attached hydrogen (secondary N) is 2. The van der Waals surface area contributed by atoms with Crippen LogP contribution in [0.15, 0.2) is 0 Å². The highest BCUT2D eigenvalue weighted by atomic mass is 19.4. The summed E-state index contributed by atoms with van der Waals surface area (Å²) < 4.78 is 35.7. The van der Waals surface area contributed by atoms with Crippen molar-refractivity contribution >= 4 is 11.9 Å². The predicted molar refractivity (Wildman–Crippen MR) is 75.0 cm³/mol. The minimum Gasteiger partial charge on any atom is -0.329 e. The van der Waals surface area contributed by atoms with Gasteiger partial charge in [0.25, 0.3) is 0 Å². The van der Waals surface area contributed by atoms with Crippen molar-refractivity contribution < 1.29 is 22.8 Å². The summed E-state index contributed by atoms with van der Waals surface area (Å²) in [5, 5.41) is 3.47. The third kappa shape index (κ3) is 6.61. The highest BCUT2D eigenvalue weighted by molar-refractivity contribution is 5.94. The largest absolute Gasteiger partial charge is 0.405 e. The minimum absolute atomic E-state index is 0.0464. The molecule has 1 aliphatic heterocycles. The summed E-state index contributed by atoms with van der Waals surface area (Å²) in [4.78, 5) is 24.7. The highest BCUT2D eigenvalue weighted by Gasteiger charge is 2.33. The van der Waals surface area contributed by atoms with E-state index in [-0.39, 0.29) is 17.9 Å². The van der Waals surface area contributed by atoms with E-state index < -0.39 is 24.7 Å². The van der Waals surface area contributed by atoms with E-state index in [1.807, 2.05) is 5.32 Å². The number of nitrogens with zero attached hydrogens (tertiary/aromatic N) is 1. The van der Waals surface area contributed by atoms with Gasteiger partial charge in [-0.25, -0.2) is 4.79 Å². The molecule has 1 aliphatic rings. The van der Waals surface area contributed by atoms with Crippen LogP contribution in [-0.2, 0) is 4.79 Å². The standard InChI is InChI=1S/C13H23F3N4O2/c1-12(2)8-20(5-3-9(12)17)6-4-10(21)19-11(22)18-7-13(14,15)16/h9H,3-8,17H2,1-2H3,(H2,18,19,21,22). The smallest absolute Gasteiger partial charge is 0.329 e. The summed E-state index contributed by atoms with van der Waals surface area (Å²) >= 11 is 0. The fourth-order valence-corrected chi connectivity index (χ4v) is 2.35. The third-order valence-electron chi connectivity index (χ3n) is 3.75. The molecule has 0 aliphatic carbocycles. The maximum atomic E-state index is 11.9. The quantitative estimate of drug-likeness (QED) is 0.715. The van der Waals surface area contributed by atoms with Crippen LogP contribution in [-0.4, -0.2) is 55.2 Å². The van der Waals surface area contributed by atoms with Crippen molar-refractivity contribution in [3.8, 4) is 0 Å². The van der Waals surface area contributed by atoms with Crippen molar-refractivity contribution in [2.75, 3.05) is 26.2 Å². The molecule has 0 bridgehead atoms. The van der Waals surface area contributed by atoms with Gasteiger partial charge in [-0.3, -0.25) is 10.1 Å². The molecule has 6 nitrogen and oxygen atoms in total. The lowest BCUT2D eigenvalue weighted by Gasteiger charge is -2.42. The molecular formula is C13H23F3N4O2. The van der Waals surface area contributed by atoms with Crippen LogP contribution in [0.1, 0.15) is 26.7 Å². The van der Waals surface area contributed by atoms with E-state index in [4.69, 9.17) is 5.73 Å². The fraction of sp³-hybridized carbons (Fsp3) is 0.846. The number of hydrogen-bond acceptors (Lipinski definition) is 4. The van der Waals surface area contributed by atoms with Crippen molar-refractivity contribution in [2.24, 2.45) is 11.1 Å². The SMILES string of the molecule is CC1(C)CN(CCC(=O)NC(=O)NCC(F)(F)F)CCC1N. The summed E-state index contributed by atoms with van der Waals surface area (Å²) in [6, 6.07) is -1.03. The first-order valence-electron chi connectivity index (χ1n) is 7.12. The number of imide groups is 1. The third-order valence-corrected chi connectivity index (χ3v) is 3.75. The van der Waals surface area contributed by atoms with Crippen molar-refractivity contribution in [1.82, 2.24) is 15.5 Å². The Hall–Kier alpha value is -1.35. The molecule has 1 fully saturated rings. The number of amides is 3. The second-order valence-corrected chi connectivity index (χ2v) is 6.26. The Morgan fingerprint density at radius 3 is 2.55 bits per heavy atom. The molecule has 1 saturated heterocycles. The maximum absolute atomic E-state index is 11.9. The molecule has 3 amide bonds. The monoisotopic (exact) mass is 324 g/mol. The van der Waals surface area contributed by atoms with Crippen molar-refractivity contribution in [3.63, 3.8) is 0 Å². The van der Waals surface area contributed by atoms with Gasteiger partial charge in [-0.2, -0.15) is 13.2 Å². The molecule has 1 heterocycles. The molecule has 0 radical (unpaired) electrons. The van der Waals surface area contributed by atoms with E-state index in [1.54, 1.807) is 5.32 Å². The zero-order valence-corrected chi connectivity index (χ0v) is 12.8. The molecule has 9 heteroatoms. The predicted octanol–water partition coefficient (Wildman–Crippen LogP) is 0.824. The number of alkyl halides is 3. The van der Waals surface area contributed by atoms with Gasteiger partial charge >= 0.3 is 12.2 Å².